The molecule has 3 heterocycles. The number of hydrogen-bond acceptors (Lipinski definition) is 7. The fraction of sp³-hybridized carbons (Fsp3) is 0.353. The number of methoxy groups -OCH3 is 1. The van der Waals surface area contributed by atoms with Crippen LogP contribution in [0.2, 0.25) is 5.02 Å². The van der Waals surface area contributed by atoms with Gasteiger partial charge in [-0.1, -0.05) is 22.0 Å². The second kappa shape index (κ2) is 6.99. The van der Waals surface area contributed by atoms with Crippen molar-refractivity contribution in [2.75, 3.05) is 20.2 Å². The third-order valence-electron chi connectivity index (χ3n) is 4.47. The molecule has 0 bridgehead atoms. The molecule has 140 valence electrons. The zero-order chi connectivity index (χ0) is 19.0. The van der Waals surface area contributed by atoms with Gasteiger partial charge in [0.25, 0.3) is 11.8 Å². The lowest BCUT2D eigenvalue weighted by Gasteiger charge is -2.18. The number of rotatable bonds is 4. The number of hydrogen-bond donors (Lipinski definition) is 0. The Balaban J connectivity index is 1.50. The molecule has 27 heavy (non-hydrogen) atoms. The van der Waals surface area contributed by atoms with Crippen LogP contribution in [0.4, 0.5) is 0 Å². The van der Waals surface area contributed by atoms with E-state index in [1.165, 1.54) is 7.11 Å². The first-order valence-corrected chi connectivity index (χ1v) is 8.78. The van der Waals surface area contributed by atoms with E-state index in [4.69, 9.17) is 20.9 Å². The summed E-state index contributed by atoms with van der Waals surface area (Å²) >= 11 is 6.04. The molecule has 2 aromatic heterocycles. The van der Waals surface area contributed by atoms with Gasteiger partial charge in [-0.3, -0.25) is 4.79 Å². The summed E-state index contributed by atoms with van der Waals surface area (Å²) < 4.78 is 12.1. The quantitative estimate of drug-likeness (QED) is 0.676. The molecular weight excluding hydrogens is 372 g/mol. The van der Waals surface area contributed by atoms with Crippen molar-refractivity contribution in [3.05, 3.63) is 40.8 Å². The zero-order valence-corrected chi connectivity index (χ0v) is 15.5. The number of nitrogens with zero attached hydrogens (tertiary/aromatic N) is 6. The van der Waals surface area contributed by atoms with Crippen molar-refractivity contribution in [1.82, 2.24) is 30.0 Å². The van der Waals surface area contributed by atoms with Crippen LogP contribution in [0, 0.1) is 6.92 Å². The van der Waals surface area contributed by atoms with Crippen molar-refractivity contribution in [2.45, 2.75) is 19.4 Å². The molecule has 1 unspecified atom stereocenters. The maximum absolute atomic E-state index is 12.9. The van der Waals surface area contributed by atoms with Gasteiger partial charge in [-0.05, 0) is 31.5 Å². The topological polar surface area (TPSA) is 99.2 Å². The average molecular weight is 389 g/mol. The van der Waals surface area contributed by atoms with Gasteiger partial charge in [-0.25, -0.2) is 4.68 Å². The summed E-state index contributed by atoms with van der Waals surface area (Å²) in [6, 6.07) is 5.03. The smallest absolute Gasteiger partial charge is 0.280 e. The van der Waals surface area contributed by atoms with Crippen LogP contribution < -0.4 is 4.74 Å². The minimum absolute atomic E-state index is 0.0180. The Hall–Kier alpha value is -2.94. The number of aromatic nitrogens is 5. The van der Waals surface area contributed by atoms with E-state index in [2.05, 4.69) is 20.5 Å². The monoisotopic (exact) mass is 388 g/mol. The van der Waals surface area contributed by atoms with Crippen LogP contribution in [-0.2, 0) is 0 Å². The lowest BCUT2D eigenvalue weighted by atomic mass is 10.1. The maximum Gasteiger partial charge on any atom is 0.280 e. The largest absolute Gasteiger partial charge is 0.496 e. The van der Waals surface area contributed by atoms with E-state index >= 15 is 0 Å². The van der Waals surface area contributed by atoms with Crippen LogP contribution in [0.3, 0.4) is 0 Å². The summed E-state index contributed by atoms with van der Waals surface area (Å²) in [6.07, 6.45) is 2.52. The van der Waals surface area contributed by atoms with Gasteiger partial charge in [-0.2, -0.15) is 4.98 Å². The van der Waals surface area contributed by atoms with Gasteiger partial charge in [0.1, 0.15) is 5.75 Å². The summed E-state index contributed by atoms with van der Waals surface area (Å²) in [5.74, 6) is 1.24. The number of ether oxygens (including phenoxy) is 1. The van der Waals surface area contributed by atoms with E-state index < -0.39 is 0 Å². The molecule has 1 fully saturated rings. The highest BCUT2D eigenvalue weighted by Crippen LogP contribution is 2.28. The van der Waals surface area contributed by atoms with Crippen LogP contribution in [0.5, 0.6) is 5.75 Å². The standard InChI is InChI=1S/C17H17ClN6O3/c1-10-19-16(27-21-10)14-9-24(22-20-14)12-5-6-23(8-12)17(25)13-7-11(18)3-4-15(13)26-2/h3-4,7,9,12H,5-6,8H2,1-2H3. The molecule has 1 aromatic carbocycles. The van der Waals surface area contributed by atoms with Crippen molar-refractivity contribution in [3.63, 3.8) is 0 Å². The van der Waals surface area contributed by atoms with E-state index in [9.17, 15) is 4.79 Å². The Morgan fingerprint density at radius 1 is 1.41 bits per heavy atom. The van der Waals surface area contributed by atoms with Crippen LogP contribution in [0.1, 0.15) is 28.6 Å². The van der Waals surface area contributed by atoms with Crippen LogP contribution in [0.25, 0.3) is 11.6 Å². The van der Waals surface area contributed by atoms with Crippen molar-refractivity contribution < 1.29 is 14.1 Å². The number of likely N-dealkylation sites (tertiary alicyclic amines) is 1. The van der Waals surface area contributed by atoms with Gasteiger partial charge >= 0.3 is 0 Å². The molecule has 3 aromatic rings. The minimum atomic E-state index is -0.121. The average Bonchev–Trinajstić information content (AvgIpc) is 3.40. The first-order valence-electron chi connectivity index (χ1n) is 8.40. The molecule has 1 aliphatic heterocycles. The molecule has 1 atom stereocenters. The Bertz CT molecular complexity index is 985. The summed E-state index contributed by atoms with van der Waals surface area (Å²) in [5.41, 5.74) is 0.961. The molecule has 1 amide bonds. The van der Waals surface area contributed by atoms with E-state index in [1.54, 1.807) is 40.9 Å². The fourth-order valence-electron chi connectivity index (χ4n) is 3.11. The fourth-order valence-corrected chi connectivity index (χ4v) is 3.29. The van der Waals surface area contributed by atoms with Gasteiger partial charge in [0, 0.05) is 18.1 Å². The van der Waals surface area contributed by atoms with Gasteiger partial charge in [0.2, 0.25) is 0 Å². The number of carbonyl (C=O) groups excluding carboxylic acids is 1. The second-order valence-electron chi connectivity index (χ2n) is 6.27. The SMILES string of the molecule is COc1ccc(Cl)cc1C(=O)N1CCC(n2cc(-c3nc(C)no3)nn2)C1. The lowest BCUT2D eigenvalue weighted by molar-refractivity contribution is 0.0783. The number of carbonyl (C=O) groups is 1. The van der Waals surface area contributed by atoms with Crippen LogP contribution in [0.15, 0.2) is 28.9 Å². The molecule has 10 heteroatoms. The maximum atomic E-state index is 12.9. The summed E-state index contributed by atoms with van der Waals surface area (Å²) in [4.78, 5) is 18.8. The van der Waals surface area contributed by atoms with Crippen molar-refractivity contribution in [3.8, 4) is 17.3 Å². The molecule has 0 N–H and O–H groups in total. The zero-order valence-electron chi connectivity index (χ0n) is 14.8. The molecule has 1 saturated heterocycles. The molecule has 1 aliphatic rings. The van der Waals surface area contributed by atoms with Crippen LogP contribution in [-0.4, -0.2) is 56.1 Å². The normalized spacial score (nSPS) is 16.7. The highest BCUT2D eigenvalue weighted by atomic mass is 35.5. The Morgan fingerprint density at radius 2 is 2.26 bits per heavy atom. The third-order valence-corrected chi connectivity index (χ3v) is 4.71. The predicted molar refractivity (Wildman–Crippen MR) is 95.6 cm³/mol. The molecule has 0 radical (unpaired) electrons. The van der Waals surface area contributed by atoms with Gasteiger partial charge < -0.3 is 14.2 Å². The summed E-state index contributed by atoms with van der Waals surface area (Å²) in [5, 5.41) is 12.5. The van der Waals surface area contributed by atoms with Crippen LogP contribution >= 0.6 is 11.6 Å². The molecule has 0 saturated carbocycles. The Kier molecular flexibility index (Phi) is 4.53. The number of halogens is 1. The Labute approximate surface area is 159 Å². The first-order chi connectivity index (χ1) is 13.0. The van der Waals surface area contributed by atoms with E-state index in [1.807, 2.05) is 0 Å². The molecule has 0 aliphatic carbocycles. The van der Waals surface area contributed by atoms with E-state index in [-0.39, 0.29) is 11.9 Å². The number of benzene rings is 1. The third kappa shape index (κ3) is 3.37. The molecular formula is C17H17ClN6O3. The highest BCUT2D eigenvalue weighted by molar-refractivity contribution is 6.31. The first kappa shape index (κ1) is 17.5. The van der Waals surface area contributed by atoms with Crippen molar-refractivity contribution in [1.29, 1.82) is 0 Å². The molecule has 9 nitrogen and oxygen atoms in total. The van der Waals surface area contributed by atoms with Gasteiger partial charge in [0.05, 0.1) is 24.9 Å². The van der Waals surface area contributed by atoms with Gasteiger partial charge in [0.15, 0.2) is 11.5 Å². The van der Waals surface area contributed by atoms with Crippen molar-refractivity contribution in [2.24, 2.45) is 0 Å². The highest BCUT2D eigenvalue weighted by Gasteiger charge is 2.30. The number of amides is 1. The van der Waals surface area contributed by atoms with Gasteiger partial charge in [-0.15, -0.1) is 5.10 Å². The second-order valence-corrected chi connectivity index (χ2v) is 6.71. The molecule has 0 spiro atoms. The van der Waals surface area contributed by atoms with E-state index in [0.29, 0.717) is 46.8 Å². The summed E-state index contributed by atoms with van der Waals surface area (Å²) in [6.45, 7) is 2.86. The predicted octanol–water partition coefficient (Wildman–Crippen LogP) is 2.39. The summed E-state index contributed by atoms with van der Waals surface area (Å²) in [7, 11) is 1.53. The van der Waals surface area contributed by atoms with E-state index in [0.717, 1.165) is 6.42 Å². The minimum Gasteiger partial charge on any atom is -0.496 e. The lowest BCUT2D eigenvalue weighted by Crippen LogP contribution is -2.29. The number of aryl methyl sites for hydroxylation is 1. The van der Waals surface area contributed by atoms with Crippen molar-refractivity contribution >= 4 is 17.5 Å². The molecule has 4 rings (SSSR count). The Morgan fingerprint density at radius 3 is 3.00 bits per heavy atom.